The van der Waals surface area contributed by atoms with Crippen LogP contribution in [0.1, 0.15) is 29.2 Å². The standard InChI is InChI=1S/C24H24N6O/c1-15-17(16(2)30-24(26-15)18-7-3-4-8-19(18)29-30)11-12-23(31)25-14-13-22-27-20-9-5-6-10-21(20)28-22/h3-10H,11-14H2,1-2H3,(H,25,31)(H,27,28). The van der Waals surface area contributed by atoms with E-state index in [1.807, 2.05) is 66.9 Å². The fraction of sp³-hybridized carbons (Fsp3) is 0.250. The van der Waals surface area contributed by atoms with E-state index in [2.05, 4.69) is 20.4 Å². The van der Waals surface area contributed by atoms with Gasteiger partial charge in [0.25, 0.3) is 0 Å². The highest BCUT2D eigenvalue weighted by molar-refractivity contribution is 5.92. The van der Waals surface area contributed by atoms with Gasteiger partial charge < -0.3 is 10.3 Å². The molecule has 7 nitrogen and oxygen atoms in total. The predicted octanol–water partition coefficient (Wildman–Crippen LogP) is 3.67. The first-order chi connectivity index (χ1) is 15.1. The lowest BCUT2D eigenvalue weighted by atomic mass is 10.1. The summed E-state index contributed by atoms with van der Waals surface area (Å²) in [4.78, 5) is 25.0. The summed E-state index contributed by atoms with van der Waals surface area (Å²) in [5.74, 6) is 0.911. The zero-order chi connectivity index (χ0) is 21.4. The molecule has 0 bridgehead atoms. The number of imidazole rings is 1. The number of carbonyl (C=O) groups excluding carboxylic acids is 1. The highest BCUT2D eigenvalue weighted by Crippen LogP contribution is 2.22. The molecule has 3 aromatic heterocycles. The number of fused-ring (bicyclic) bond motifs is 4. The molecule has 0 saturated carbocycles. The fourth-order valence-corrected chi connectivity index (χ4v) is 4.11. The minimum Gasteiger partial charge on any atom is -0.356 e. The van der Waals surface area contributed by atoms with Gasteiger partial charge in [-0.2, -0.15) is 5.10 Å². The van der Waals surface area contributed by atoms with E-state index in [4.69, 9.17) is 4.98 Å². The van der Waals surface area contributed by atoms with Crippen LogP contribution in [0.2, 0.25) is 0 Å². The van der Waals surface area contributed by atoms with E-state index in [1.54, 1.807) is 0 Å². The number of benzene rings is 2. The second-order valence-corrected chi connectivity index (χ2v) is 7.81. The van der Waals surface area contributed by atoms with Gasteiger partial charge in [-0.3, -0.25) is 4.79 Å². The van der Waals surface area contributed by atoms with Gasteiger partial charge in [0.05, 0.1) is 16.6 Å². The molecular formula is C24H24N6O. The molecule has 0 spiro atoms. The van der Waals surface area contributed by atoms with Crippen molar-refractivity contribution in [2.24, 2.45) is 0 Å². The second-order valence-electron chi connectivity index (χ2n) is 7.81. The van der Waals surface area contributed by atoms with Crippen LogP contribution in [0.3, 0.4) is 0 Å². The van der Waals surface area contributed by atoms with Crippen LogP contribution in [-0.2, 0) is 17.6 Å². The number of para-hydroxylation sites is 2. The Labute approximate surface area is 179 Å². The third kappa shape index (κ3) is 3.63. The average molecular weight is 412 g/mol. The van der Waals surface area contributed by atoms with Crippen molar-refractivity contribution in [2.45, 2.75) is 33.1 Å². The molecule has 0 atom stereocenters. The lowest BCUT2D eigenvalue weighted by Gasteiger charge is -2.11. The third-order valence-corrected chi connectivity index (χ3v) is 5.74. The van der Waals surface area contributed by atoms with Crippen LogP contribution in [0, 0.1) is 13.8 Å². The number of aromatic nitrogens is 5. The van der Waals surface area contributed by atoms with Crippen LogP contribution in [0.15, 0.2) is 48.5 Å². The van der Waals surface area contributed by atoms with Gasteiger partial charge in [0, 0.05) is 36.2 Å². The van der Waals surface area contributed by atoms with Crippen LogP contribution < -0.4 is 5.32 Å². The zero-order valence-corrected chi connectivity index (χ0v) is 17.6. The second kappa shape index (κ2) is 7.83. The summed E-state index contributed by atoms with van der Waals surface area (Å²) in [5, 5.41) is 8.73. The SMILES string of the molecule is Cc1nc2c3ccccc3nn2c(C)c1CCC(=O)NCCc1nc2ccccc2[nH]1. The monoisotopic (exact) mass is 412 g/mol. The van der Waals surface area contributed by atoms with Crippen molar-refractivity contribution in [2.75, 3.05) is 6.54 Å². The molecule has 0 fully saturated rings. The number of carbonyl (C=O) groups is 1. The first-order valence-corrected chi connectivity index (χ1v) is 10.5. The van der Waals surface area contributed by atoms with E-state index in [1.165, 1.54) is 0 Å². The molecule has 0 saturated heterocycles. The maximum Gasteiger partial charge on any atom is 0.220 e. The van der Waals surface area contributed by atoms with Crippen LogP contribution >= 0.6 is 0 Å². The number of hydrogen-bond donors (Lipinski definition) is 2. The summed E-state index contributed by atoms with van der Waals surface area (Å²) in [7, 11) is 0. The molecule has 2 N–H and O–H groups in total. The van der Waals surface area contributed by atoms with E-state index in [0.717, 1.165) is 50.4 Å². The summed E-state index contributed by atoms with van der Waals surface area (Å²) >= 11 is 0. The molecule has 3 heterocycles. The Balaban J connectivity index is 1.23. The predicted molar refractivity (Wildman–Crippen MR) is 121 cm³/mol. The summed E-state index contributed by atoms with van der Waals surface area (Å²) in [6.07, 6.45) is 1.72. The summed E-state index contributed by atoms with van der Waals surface area (Å²) in [6.45, 7) is 4.60. The number of hydrogen-bond acceptors (Lipinski definition) is 4. The van der Waals surface area contributed by atoms with Crippen LogP contribution in [0.25, 0.3) is 27.6 Å². The van der Waals surface area contributed by atoms with Crippen LogP contribution in [-0.4, -0.2) is 37.0 Å². The molecule has 5 aromatic rings. The number of aryl methyl sites for hydroxylation is 2. The van der Waals surface area contributed by atoms with Gasteiger partial charge in [0.1, 0.15) is 5.82 Å². The van der Waals surface area contributed by atoms with Crippen molar-refractivity contribution in [1.82, 2.24) is 29.9 Å². The lowest BCUT2D eigenvalue weighted by Crippen LogP contribution is -2.26. The van der Waals surface area contributed by atoms with Gasteiger partial charge in [0.15, 0.2) is 5.65 Å². The highest BCUT2D eigenvalue weighted by Gasteiger charge is 2.15. The molecular weight excluding hydrogens is 388 g/mol. The molecule has 0 aliphatic rings. The van der Waals surface area contributed by atoms with Gasteiger partial charge in [-0.15, -0.1) is 0 Å². The Morgan fingerprint density at radius 3 is 2.61 bits per heavy atom. The van der Waals surface area contributed by atoms with E-state index in [9.17, 15) is 4.79 Å². The van der Waals surface area contributed by atoms with Crippen molar-refractivity contribution >= 4 is 33.5 Å². The Morgan fingerprint density at radius 1 is 1.00 bits per heavy atom. The molecule has 156 valence electrons. The summed E-state index contributed by atoms with van der Waals surface area (Å²) in [6, 6.07) is 15.9. The van der Waals surface area contributed by atoms with Crippen LogP contribution in [0.5, 0.6) is 0 Å². The van der Waals surface area contributed by atoms with Gasteiger partial charge in [-0.05, 0) is 50.1 Å². The van der Waals surface area contributed by atoms with Crippen molar-refractivity contribution in [3.05, 3.63) is 71.3 Å². The molecule has 5 rings (SSSR count). The normalized spacial score (nSPS) is 11.5. The average Bonchev–Trinajstić information content (AvgIpc) is 3.35. The maximum atomic E-state index is 12.4. The number of aromatic amines is 1. The number of nitrogens with zero attached hydrogens (tertiary/aromatic N) is 4. The number of rotatable bonds is 6. The van der Waals surface area contributed by atoms with E-state index in [-0.39, 0.29) is 5.91 Å². The summed E-state index contributed by atoms with van der Waals surface area (Å²) < 4.78 is 1.90. The lowest BCUT2D eigenvalue weighted by molar-refractivity contribution is -0.121. The molecule has 7 heteroatoms. The first-order valence-electron chi connectivity index (χ1n) is 10.5. The Bertz CT molecular complexity index is 1380. The van der Waals surface area contributed by atoms with Gasteiger partial charge in [0.2, 0.25) is 5.91 Å². The zero-order valence-electron chi connectivity index (χ0n) is 17.6. The highest BCUT2D eigenvalue weighted by atomic mass is 16.1. The van der Waals surface area contributed by atoms with E-state index < -0.39 is 0 Å². The molecule has 31 heavy (non-hydrogen) atoms. The Hall–Kier alpha value is -3.74. The quantitative estimate of drug-likeness (QED) is 0.445. The molecule has 2 aromatic carbocycles. The van der Waals surface area contributed by atoms with Crippen LogP contribution in [0.4, 0.5) is 0 Å². The Kier molecular flexibility index (Phi) is 4.86. The van der Waals surface area contributed by atoms with E-state index in [0.29, 0.717) is 25.8 Å². The first kappa shape index (κ1) is 19.2. The smallest absolute Gasteiger partial charge is 0.220 e. The minimum absolute atomic E-state index is 0.0284. The van der Waals surface area contributed by atoms with Crippen molar-refractivity contribution < 1.29 is 4.79 Å². The fourth-order valence-electron chi connectivity index (χ4n) is 4.11. The van der Waals surface area contributed by atoms with Crippen molar-refractivity contribution in [3.8, 4) is 0 Å². The van der Waals surface area contributed by atoms with Gasteiger partial charge in [-0.25, -0.2) is 14.5 Å². The largest absolute Gasteiger partial charge is 0.356 e. The number of nitrogens with one attached hydrogen (secondary N) is 2. The van der Waals surface area contributed by atoms with Gasteiger partial charge >= 0.3 is 0 Å². The molecule has 0 unspecified atom stereocenters. The van der Waals surface area contributed by atoms with Crippen molar-refractivity contribution in [1.29, 1.82) is 0 Å². The number of H-pyrrole nitrogens is 1. The molecule has 0 aliphatic heterocycles. The van der Waals surface area contributed by atoms with Crippen molar-refractivity contribution in [3.63, 3.8) is 0 Å². The minimum atomic E-state index is 0.0284. The van der Waals surface area contributed by atoms with Gasteiger partial charge in [-0.1, -0.05) is 24.3 Å². The molecule has 1 amide bonds. The summed E-state index contributed by atoms with van der Waals surface area (Å²) in [5.41, 5.74) is 6.82. The molecule has 0 radical (unpaired) electrons. The number of amides is 1. The maximum absolute atomic E-state index is 12.4. The topological polar surface area (TPSA) is 88.0 Å². The molecule has 0 aliphatic carbocycles. The van der Waals surface area contributed by atoms with E-state index >= 15 is 0 Å². The third-order valence-electron chi connectivity index (χ3n) is 5.74. The Morgan fingerprint density at radius 2 is 1.77 bits per heavy atom.